The topological polar surface area (TPSA) is 45.1 Å². The molecule has 0 fully saturated rings. The molecule has 5 aromatic carbocycles. The highest BCUT2D eigenvalue weighted by Gasteiger charge is 2.38. The third kappa shape index (κ3) is 2.47. The first kappa shape index (κ1) is 20.2. The summed E-state index contributed by atoms with van der Waals surface area (Å²) in [6.07, 6.45) is -0.171. The van der Waals surface area contributed by atoms with E-state index in [1.807, 2.05) is 6.07 Å². The van der Waals surface area contributed by atoms with Gasteiger partial charge in [-0.1, -0.05) is 48.5 Å². The predicted molar refractivity (Wildman–Crippen MR) is 148 cm³/mol. The fraction of sp³-hybridized carbons (Fsp3) is 0.125. The Morgan fingerprint density at radius 1 is 0.632 bits per heavy atom. The molecule has 1 unspecified atom stereocenters. The molecule has 3 aliphatic rings. The van der Waals surface area contributed by atoms with Gasteiger partial charge < -0.3 is 28.4 Å². The summed E-state index contributed by atoms with van der Waals surface area (Å²) in [6.45, 7) is 0.476. The second-order valence-corrected chi connectivity index (χ2v) is 10.0. The maximum atomic E-state index is 6.16. The summed E-state index contributed by atoms with van der Waals surface area (Å²) in [5.74, 6) is 3.18. The van der Waals surface area contributed by atoms with Crippen LogP contribution in [0.3, 0.4) is 0 Å². The molecule has 6 heteroatoms. The van der Waals surface area contributed by atoms with Crippen LogP contribution in [0.25, 0.3) is 43.7 Å². The summed E-state index contributed by atoms with van der Waals surface area (Å²) in [6, 6.07) is 30.0. The Morgan fingerprint density at radius 2 is 1.29 bits per heavy atom. The summed E-state index contributed by atoms with van der Waals surface area (Å²) >= 11 is 0. The predicted octanol–water partition coefficient (Wildman–Crippen LogP) is 7.07. The van der Waals surface area contributed by atoms with E-state index in [2.05, 4.69) is 95.4 Å². The summed E-state index contributed by atoms with van der Waals surface area (Å²) in [4.78, 5) is 2.38. The van der Waals surface area contributed by atoms with Gasteiger partial charge in [0.25, 0.3) is 0 Å². The molecule has 6 nitrogen and oxygen atoms in total. The minimum atomic E-state index is -0.171. The largest absolute Gasteiger partial charge is 0.454 e. The van der Waals surface area contributed by atoms with Gasteiger partial charge in [0.2, 0.25) is 13.6 Å². The number of aromatic nitrogens is 1. The van der Waals surface area contributed by atoms with Gasteiger partial charge in [0.15, 0.2) is 23.0 Å². The minimum Gasteiger partial charge on any atom is -0.454 e. The molecule has 184 valence electrons. The van der Waals surface area contributed by atoms with Gasteiger partial charge in [-0.2, -0.15) is 0 Å². The third-order valence-electron chi connectivity index (χ3n) is 8.19. The van der Waals surface area contributed by atoms with Crippen molar-refractivity contribution < 1.29 is 18.9 Å². The quantitative estimate of drug-likeness (QED) is 0.243. The van der Waals surface area contributed by atoms with Crippen LogP contribution in [0.15, 0.2) is 84.9 Å². The van der Waals surface area contributed by atoms with Crippen molar-refractivity contribution in [1.29, 1.82) is 0 Å². The van der Waals surface area contributed by atoms with E-state index in [-0.39, 0.29) is 19.8 Å². The highest BCUT2D eigenvalue weighted by Crippen LogP contribution is 2.55. The molecular weight excluding hydrogens is 476 g/mol. The minimum absolute atomic E-state index is 0.171. The zero-order valence-electron chi connectivity index (χ0n) is 20.6. The second-order valence-electron chi connectivity index (χ2n) is 10.0. The molecule has 1 aromatic heterocycles. The van der Waals surface area contributed by atoms with E-state index in [9.17, 15) is 0 Å². The number of anilines is 1. The van der Waals surface area contributed by atoms with Gasteiger partial charge >= 0.3 is 0 Å². The first-order chi connectivity index (χ1) is 18.8. The van der Waals surface area contributed by atoms with E-state index in [0.717, 1.165) is 56.1 Å². The Balaban J connectivity index is 1.43. The molecule has 0 saturated carbocycles. The molecular formula is C32H22N2O4. The monoisotopic (exact) mass is 498 g/mol. The van der Waals surface area contributed by atoms with Crippen molar-refractivity contribution in [3.8, 4) is 34.1 Å². The van der Waals surface area contributed by atoms with Crippen molar-refractivity contribution >= 4 is 38.3 Å². The Labute approximate surface area is 218 Å². The van der Waals surface area contributed by atoms with E-state index in [1.54, 1.807) is 0 Å². The van der Waals surface area contributed by atoms with Crippen LogP contribution in [0, 0.1) is 0 Å². The molecule has 0 bridgehead atoms. The summed E-state index contributed by atoms with van der Waals surface area (Å²) < 4.78 is 26.0. The lowest BCUT2D eigenvalue weighted by Gasteiger charge is -2.40. The van der Waals surface area contributed by atoms with Crippen LogP contribution < -0.4 is 23.8 Å². The lowest BCUT2D eigenvalue weighted by molar-refractivity contribution is 0.172. The number of rotatable bonds is 1. The fourth-order valence-electron chi connectivity index (χ4n) is 6.61. The molecule has 0 N–H and O–H groups in total. The molecule has 0 aliphatic carbocycles. The average Bonchev–Trinajstić information content (AvgIpc) is 3.69. The fourth-order valence-corrected chi connectivity index (χ4v) is 6.61. The third-order valence-corrected chi connectivity index (χ3v) is 8.19. The highest BCUT2D eigenvalue weighted by molar-refractivity contribution is 6.10. The van der Waals surface area contributed by atoms with Crippen molar-refractivity contribution in [2.24, 2.45) is 0 Å². The summed E-state index contributed by atoms with van der Waals surface area (Å²) in [7, 11) is 2.18. The number of benzene rings is 5. The van der Waals surface area contributed by atoms with E-state index in [1.165, 1.54) is 21.8 Å². The Kier molecular flexibility index (Phi) is 3.80. The van der Waals surface area contributed by atoms with Crippen molar-refractivity contribution in [1.82, 2.24) is 4.57 Å². The van der Waals surface area contributed by atoms with Gasteiger partial charge in [0, 0.05) is 34.3 Å². The molecule has 4 heterocycles. The molecule has 1 atom stereocenters. The van der Waals surface area contributed by atoms with Crippen LogP contribution in [-0.4, -0.2) is 25.2 Å². The first-order valence-electron chi connectivity index (χ1n) is 12.8. The molecule has 0 radical (unpaired) electrons. The molecule has 6 aromatic rings. The molecule has 38 heavy (non-hydrogen) atoms. The number of hydrogen-bond acceptors (Lipinski definition) is 5. The SMILES string of the molecule is CN1c2c(ccc3cc4c(cc23)OCO4)-c2ccc3c(c2C1n1c2ccccc2c2ccccc21)OCO3. The standard InChI is InChI=1S/C32H22N2O4/c1-33-30-22(11-10-18-14-27-28(15-23(18)30)37-16-36-27)21-12-13-26-31(38-17-35-26)29(21)32(33)34-24-8-4-2-6-19(24)20-7-3-5-9-25(20)34/h2-15,32H,16-17H2,1H3. The lowest BCUT2D eigenvalue weighted by atomic mass is 9.87. The van der Waals surface area contributed by atoms with Crippen LogP contribution >= 0.6 is 0 Å². The summed E-state index contributed by atoms with van der Waals surface area (Å²) in [5.41, 5.74) is 6.92. The lowest BCUT2D eigenvalue weighted by Crippen LogP contribution is -2.34. The maximum absolute atomic E-state index is 6.16. The van der Waals surface area contributed by atoms with Gasteiger partial charge in [-0.3, -0.25) is 0 Å². The zero-order chi connectivity index (χ0) is 25.0. The van der Waals surface area contributed by atoms with Gasteiger partial charge in [0.05, 0.1) is 16.7 Å². The molecule has 0 amide bonds. The van der Waals surface area contributed by atoms with Gasteiger partial charge in [-0.15, -0.1) is 0 Å². The van der Waals surface area contributed by atoms with E-state index >= 15 is 0 Å². The van der Waals surface area contributed by atoms with E-state index in [0.29, 0.717) is 0 Å². The van der Waals surface area contributed by atoms with Crippen LogP contribution in [0.2, 0.25) is 0 Å². The van der Waals surface area contributed by atoms with Crippen molar-refractivity contribution in [2.75, 3.05) is 25.5 Å². The smallest absolute Gasteiger partial charge is 0.231 e. The number of fused-ring (bicyclic) bond motifs is 11. The van der Waals surface area contributed by atoms with Crippen LogP contribution in [0.1, 0.15) is 11.7 Å². The van der Waals surface area contributed by atoms with Crippen molar-refractivity contribution in [2.45, 2.75) is 6.17 Å². The normalized spacial score (nSPS) is 16.9. The molecule has 3 aliphatic heterocycles. The molecule has 9 rings (SSSR count). The second kappa shape index (κ2) is 7.13. The molecule has 0 saturated heterocycles. The Hall–Kier alpha value is -4.84. The van der Waals surface area contributed by atoms with Crippen LogP contribution in [-0.2, 0) is 0 Å². The zero-order valence-corrected chi connectivity index (χ0v) is 20.6. The average molecular weight is 499 g/mol. The number of para-hydroxylation sites is 2. The van der Waals surface area contributed by atoms with Crippen molar-refractivity contribution in [3.63, 3.8) is 0 Å². The Bertz CT molecular complexity index is 1920. The number of ether oxygens (including phenoxy) is 4. The molecule has 0 spiro atoms. The van der Waals surface area contributed by atoms with Crippen LogP contribution in [0.4, 0.5) is 5.69 Å². The van der Waals surface area contributed by atoms with E-state index in [4.69, 9.17) is 18.9 Å². The van der Waals surface area contributed by atoms with Crippen LogP contribution in [0.5, 0.6) is 23.0 Å². The van der Waals surface area contributed by atoms with Gasteiger partial charge in [-0.05, 0) is 47.3 Å². The Morgan fingerprint density at radius 3 is 2.08 bits per heavy atom. The maximum Gasteiger partial charge on any atom is 0.231 e. The number of nitrogens with zero attached hydrogens (tertiary/aromatic N) is 2. The first-order valence-corrected chi connectivity index (χ1v) is 12.8. The van der Waals surface area contributed by atoms with Gasteiger partial charge in [-0.25, -0.2) is 0 Å². The summed E-state index contributed by atoms with van der Waals surface area (Å²) in [5, 5.41) is 4.71. The number of hydrogen-bond donors (Lipinski definition) is 0. The van der Waals surface area contributed by atoms with Crippen molar-refractivity contribution in [3.05, 3.63) is 90.5 Å². The van der Waals surface area contributed by atoms with E-state index < -0.39 is 0 Å². The van der Waals surface area contributed by atoms with Gasteiger partial charge in [0.1, 0.15) is 6.17 Å². The highest BCUT2D eigenvalue weighted by atomic mass is 16.7.